The first-order valence-electron chi connectivity index (χ1n) is 8.83. The van der Waals surface area contributed by atoms with Gasteiger partial charge in [0.25, 0.3) is 0 Å². The van der Waals surface area contributed by atoms with Crippen LogP contribution in [-0.4, -0.2) is 18.2 Å². The van der Waals surface area contributed by atoms with Crippen molar-refractivity contribution < 1.29 is 4.74 Å². The van der Waals surface area contributed by atoms with Crippen LogP contribution >= 0.6 is 15.9 Å². The molecule has 1 aliphatic heterocycles. The van der Waals surface area contributed by atoms with Crippen molar-refractivity contribution in [3.63, 3.8) is 0 Å². The van der Waals surface area contributed by atoms with Gasteiger partial charge in [0.1, 0.15) is 6.73 Å². The number of halogens is 1. The quantitative estimate of drug-likeness (QED) is 0.567. The van der Waals surface area contributed by atoms with E-state index in [9.17, 15) is 0 Å². The van der Waals surface area contributed by atoms with Gasteiger partial charge in [-0.05, 0) is 43.5 Å². The Balaban J connectivity index is 1.75. The van der Waals surface area contributed by atoms with E-state index in [1.54, 1.807) is 0 Å². The van der Waals surface area contributed by atoms with Gasteiger partial charge < -0.3 is 4.74 Å². The standard InChI is InChI=1S/C22H26BrNO/c1-17(2)15-22(20-7-5-4-6-8-20)13-14-24(16-25-22)18(3)19-9-11-21(23)12-10-19/h4-12,18H,1,13-16H2,2-3H3/t18-,22?/m0/s1. The lowest BCUT2D eigenvalue weighted by Crippen LogP contribution is -2.45. The molecule has 0 spiro atoms. The average molecular weight is 400 g/mol. The van der Waals surface area contributed by atoms with Crippen LogP contribution in [0.4, 0.5) is 0 Å². The fourth-order valence-corrected chi connectivity index (χ4v) is 3.89. The van der Waals surface area contributed by atoms with Gasteiger partial charge in [-0.3, -0.25) is 4.90 Å². The van der Waals surface area contributed by atoms with E-state index in [1.165, 1.54) is 16.7 Å². The van der Waals surface area contributed by atoms with E-state index in [-0.39, 0.29) is 5.60 Å². The van der Waals surface area contributed by atoms with Crippen LogP contribution in [0.15, 0.2) is 71.2 Å². The zero-order chi connectivity index (χ0) is 17.9. The normalized spacial score (nSPS) is 22.5. The fraction of sp³-hybridized carbons (Fsp3) is 0.364. The van der Waals surface area contributed by atoms with E-state index in [1.807, 2.05) is 0 Å². The van der Waals surface area contributed by atoms with E-state index in [0.717, 1.165) is 23.9 Å². The van der Waals surface area contributed by atoms with Gasteiger partial charge in [0.2, 0.25) is 0 Å². The van der Waals surface area contributed by atoms with Crippen molar-refractivity contribution in [1.82, 2.24) is 4.90 Å². The predicted octanol–water partition coefficient (Wildman–Crippen LogP) is 6.05. The number of hydrogen-bond acceptors (Lipinski definition) is 2. The molecule has 3 rings (SSSR count). The van der Waals surface area contributed by atoms with Crippen LogP contribution in [-0.2, 0) is 10.3 Å². The van der Waals surface area contributed by atoms with Crippen molar-refractivity contribution in [3.8, 4) is 0 Å². The number of hydrogen-bond donors (Lipinski definition) is 0. The molecule has 0 radical (unpaired) electrons. The van der Waals surface area contributed by atoms with Gasteiger partial charge in [-0.2, -0.15) is 0 Å². The topological polar surface area (TPSA) is 12.5 Å². The first kappa shape index (κ1) is 18.4. The van der Waals surface area contributed by atoms with Crippen molar-refractivity contribution in [2.45, 2.75) is 38.3 Å². The summed E-state index contributed by atoms with van der Waals surface area (Å²) in [4.78, 5) is 2.41. The number of rotatable bonds is 5. The predicted molar refractivity (Wildman–Crippen MR) is 107 cm³/mol. The Morgan fingerprint density at radius 3 is 2.44 bits per heavy atom. The lowest BCUT2D eigenvalue weighted by Gasteiger charge is -2.44. The molecule has 1 heterocycles. The molecule has 1 aliphatic rings. The van der Waals surface area contributed by atoms with E-state index in [2.05, 4.69) is 95.9 Å². The van der Waals surface area contributed by atoms with Crippen LogP contribution < -0.4 is 0 Å². The summed E-state index contributed by atoms with van der Waals surface area (Å²) in [7, 11) is 0. The minimum Gasteiger partial charge on any atom is -0.355 e. The monoisotopic (exact) mass is 399 g/mol. The highest BCUT2D eigenvalue weighted by atomic mass is 79.9. The van der Waals surface area contributed by atoms with Crippen LogP contribution in [0.3, 0.4) is 0 Å². The highest BCUT2D eigenvalue weighted by Gasteiger charge is 2.38. The second-order valence-corrected chi connectivity index (χ2v) is 7.97. The van der Waals surface area contributed by atoms with Crippen LogP contribution in [0.25, 0.3) is 0 Å². The van der Waals surface area contributed by atoms with Crippen LogP contribution in [0.5, 0.6) is 0 Å². The largest absolute Gasteiger partial charge is 0.355 e. The maximum Gasteiger partial charge on any atom is 0.101 e. The number of benzene rings is 2. The van der Waals surface area contributed by atoms with Crippen molar-refractivity contribution in [2.24, 2.45) is 0 Å². The molecule has 2 aromatic rings. The van der Waals surface area contributed by atoms with Crippen molar-refractivity contribution in [3.05, 3.63) is 82.3 Å². The zero-order valence-electron chi connectivity index (χ0n) is 15.0. The van der Waals surface area contributed by atoms with Gasteiger partial charge in [-0.25, -0.2) is 0 Å². The second-order valence-electron chi connectivity index (χ2n) is 7.06. The van der Waals surface area contributed by atoms with E-state index in [4.69, 9.17) is 4.74 Å². The van der Waals surface area contributed by atoms with E-state index < -0.39 is 0 Å². The summed E-state index contributed by atoms with van der Waals surface area (Å²) in [5.41, 5.74) is 3.49. The third-order valence-electron chi connectivity index (χ3n) is 5.10. The Hall–Kier alpha value is -1.42. The molecular formula is C22H26BrNO. The third kappa shape index (κ3) is 4.22. The molecule has 2 aromatic carbocycles. The van der Waals surface area contributed by atoms with Gasteiger partial charge in [0, 0.05) is 23.5 Å². The summed E-state index contributed by atoms with van der Waals surface area (Å²) in [6.07, 6.45) is 1.85. The van der Waals surface area contributed by atoms with Crippen molar-refractivity contribution in [1.29, 1.82) is 0 Å². The molecule has 25 heavy (non-hydrogen) atoms. The van der Waals surface area contributed by atoms with E-state index >= 15 is 0 Å². The summed E-state index contributed by atoms with van der Waals surface area (Å²) in [5.74, 6) is 0. The lowest BCUT2D eigenvalue weighted by atomic mass is 9.83. The minimum absolute atomic E-state index is 0.247. The van der Waals surface area contributed by atoms with Crippen LogP contribution in [0.1, 0.15) is 43.9 Å². The summed E-state index contributed by atoms with van der Waals surface area (Å²) in [6.45, 7) is 10.1. The van der Waals surface area contributed by atoms with Gasteiger partial charge in [-0.15, -0.1) is 6.58 Å². The van der Waals surface area contributed by atoms with Gasteiger partial charge in [0.05, 0.1) is 5.60 Å². The Labute approximate surface area is 159 Å². The maximum absolute atomic E-state index is 6.50. The first-order chi connectivity index (χ1) is 12.0. The van der Waals surface area contributed by atoms with Crippen molar-refractivity contribution >= 4 is 15.9 Å². The Morgan fingerprint density at radius 2 is 1.88 bits per heavy atom. The Kier molecular flexibility index (Phi) is 5.78. The maximum atomic E-state index is 6.50. The van der Waals surface area contributed by atoms with Crippen LogP contribution in [0.2, 0.25) is 0 Å². The van der Waals surface area contributed by atoms with E-state index in [0.29, 0.717) is 12.8 Å². The molecule has 132 valence electrons. The minimum atomic E-state index is -0.247. The van der Waals surface area contributed by atoms with Gasteiger partial charge >= 0.3 is 0 Å². The first-order valence-corrected chi connectivity index (χ1v) is 9.63. The van der Waals surface area contributed by atoms with Crippen molar-refractivity contribution in [2.75, 3.05) is 13.3 Å². The second kappa shape index (κ2) is 7.86. The molecule has 0 aliphatic carbocycles. The zero-order valence-corrected chi connectivity index (χ0v) is 16.6. The molecule has 0 amide bonds. The third-order valence-corrected chi connectivity index (χ3v) is 5.63. The molecule has 0 saturated carbocycles. The Bertz CT molecular complexity index is 703. The molecule has 0 N–H and O–H groups in total. The highest BCUT2D eigenvalue weighted by molar-refractivity contribution is 9.10. The summed E-state index contributed by atoms with van der Waals surface area (Å²) >= 11 is 3.51. The molecule has 2 atom stereocenters. The SMILES string of the molecule is C=C(C)CC1(c2ccccc2)CCN([C@@H](C)c2ccc(Br)cc2)CO1. The summed E-state index contributed by atoms with van der Waals surface area (Å²) in [6, 6.07) is 19.5. The molecular weight excluding hydrogens is 374 g/mol. The molecule has 1 unspecified atom stereocenters. The van der Waals surface area contributed by atoms with Gasteiger partial charge in [-0.1, -0.05) is 64.0 Å². The molecule has 0 aromatic heterocycles. The molecule has 0 bridgehead atoms. The van der Waals surface area contributed by atoms with Gasteiger partial charge in [0.15, 0.2) is 0 Å². The number of ether oxygens (including phenoxy) is 1. The molecule has 1 saturated heterocycles. The van der Waals surface area contributed by atoms with Crippen LogP contribution in [0, 0.1) is 0 Å². The highest BCUT2D eigenvalue weighted by Crippen LogP contribution is 2.40. The lowest BCUT2D eigenvalue weighted by molar-refractivity contribution is -0.153. The summed E-state index contributed by atoms with van der Waals surface area (Å²) in [5, 5.41) is 0. The number of nitrogens with zero attached hydrogens (tertiary/aromatic N) is 1. The average Bonchev–Trinajstić information content (AvgIpc) is 2.63. The summed E-state index contributed by atoms with van der Waals surface area (Å²) < 4.78 is 7.61. The fourth-order valence-electron chi connectivity index (χ4n) is 3.62. The Morgan fingerprint density at radius 1 is 1.20 bits per heavy atom. The molecule has 1 fully saturated rings. The molecule has 2 nitrogen and oxygen atoms in total. The molecule has 3 heteroatoms. The smallest absolute Gasteiger partial charge is 0.101 e.